The molecule has 2 unspecified atom stereocenters. The van der Waals surface area contributed by atoms with E-state index < -0.39 is 29.5 Å². The van der Waals surface area contributed by atoms with Crippen LogP contribution in [-0.4, -0.2) is 145 Å². The van der Waals surface area contributed by atoms with Gasteiger partial charge in [-0.05, 0) is 99.1 Å². The van der Waals surface area contributed by atoms with E-state index in [1.165, 1.54) is 18.2 Å². The fourth-order valence-electron chi connectivity index (χ4n) is 10.8. The van der Waals surface area contributed by atoms with Crippen LogP contribution in [0.25, 0.3) is 0 Å². The first-order valence-corrected chi connectivity index (χ1v) is 24.5. The molecule has 1 aliphatic carbocycles. The zero-order valence-corrected chi connectivity index (χ0v) is 38.5. The van der Waals surface area contributed by atoms with Gasteiger partial charge in [-0.2, -0.15) is 0 Å². The van der Waals surface area contributed by atoms with Gasteiger partial charge in [0.2, 0.25) is 11.8 Å². The van der Waals surface area contributed by atoms with Gasteiger partial charge in [-0.25, -0.2) is 8.78 Å². The molecule has 4 saturated heterocycles. The van der Waals surface area contributed by atoms with Crippen LogP contribution in [0, 0.1) is 23.0 Å². The number of hydrogen-bond donors (Lipinski definition) is 3. The van der Waals surface area contributed by atoms with Crippen LogP contribution in [0.3, 0.4) is 0 Å². The molecular weight excluding hydrogens is 857 g/mol. The lowest BCUT2D eigenvalue weighted by atomic mass is 9.83. The molecule has 0 spiro atoms. The number of nitrogens with zero attached hydrogens (tertiary/aromatic N) is 4. The second kappa shape index (κ2) is 22.6. The highest BCUT2D eigenvalue weighted by Gasteiger charge is 2.37. The molecular formula is C52H65F2N7O6. The number of carbonyl (C=O) groups is 5. The quantitative estimate of drug-likeness (QED) is 0.132. The summed E-state index contributed by atoms with van der Waals surface area (Å²) >= 11 is 0. The molecule has 67 heavy (non-hydrogen) atoms. The fraction of sp³-hybridized carbons (Fsp3) is 0.538. The Morgan fingerprint density at radius 3 is 2.13 bits per heavy atom. The minimum atomic E-state index is -0.704. The lowest BCUT2D eigenvalue weighted by Crippen LogP contribution is -2.55. The number of piperazine rings is 1. The molecule has 2 atom stereocenters. The molecule has 4 aliphatic heterocycles. The summed E-state index contributed by atoms with van der Waals surface area (Å²) in [7, 11) is 0. The fourth-order valence-corrected chi connectivity index (χ4v) is 10.8. The average Bonchev–Trinajstić information content (AvgIpc) is 3.37. The van der Waals surface area contributed by atoms with Crippen molar-refractivity contribution >= 4 is 35.6 Å². The zero-order valence-electron chi connectivity index (χ0n) is 38.5. The Balaban J connectivity index is 0.763. The number of nitrogens with one attached hydrogen (secondary N) is 3. The monoisotopic (exact) mass is 921 g/mol. The maximum Gasteiger partial charge on any atom is 0.256 e. The number of piperidine rings is 3. The molecule has 0 bridgehead atoms. The maximum absolute atomic E-state index is 15.9. The summed E-state index contributed by atoms with van der Waals surface area (Å²) in [6, 6.07) is 15.4. The van der Waals surface area contributed by atoms with E-state index in [1.54, 1.807) is 52.3 Å². The van der Waals surface area contributed by atoms with E-state index in [0.717, 1.165) is 64.3 Å². The maximum atomic E-state index is 15.9. The second-order valence-electron chi connectivity index (χ2n) is 19.1. The summed E-state index contributed by atoms with van der Waals surface area (Å²) in [5, 5.41) is 14.9. The van der Waals surface area contributed by atoms with E-state index in [2.05, 4.69) is 15.5 Å². The number of aldehydes is 1. The molecule has 0 aromatic heterocycles. The molecule has 1 saturated carbocycles. The summed E-state index contributed by atoms with van der Waals surface area (Å²) in [5.41, 5.74) is 2.14. The number of ether oxygens (including phenoxy) is 1. The number of hydrogen-bond acceptors (Lipinski definition) is 9. The minimum Gasteiger partial charge on any atom is -0.375 e. The van der Waals surface area contributed by atoms with Gasteiger partial charge in [0.1, 0.15) is 17.7 Å². The lowest BCUT2D eigenvalue weighted by Gasteiger charge is -2.40. The zero-order chi connectivity index (χ0) is 46.9. The Kier molecular flexibility index (Phi) is 16.2. The van der Waals surface area contributed by atoms with Gasteiger partial charge < -0.3 is 35.5 Å². The predicted molar refractivity (Wildman–Crippen MR) is 250 cm³/mol. The van der Waals surface area contributed by atoms with Gasteiger partial charge in [0.05, 0.1) is 29.9 Å². The topological polar surface area (TPSA) is 155 Å². The molecule has 15 heteroatoms. The molecule has 5 fully saturated rings. The molecule has 3 aromatic carbocycles. The Bertz CT molecular complexity index is 2260. The van der Waals surface area contributed by atoms with Crippen molar-refractivity contribution in [2.24, 2.45) is 5.92 Å². The van der Waals surface area contributed by atoms with E-state index in [-0.39, 0.29) is 78.8 Å². The normalized spacial score (nSPS) is 20.9. The first-order valence-electron chi connectivity index (χ1n) is 24.5. The molecule has 3 N–H and O–H groups in total. The average molecular weight is 922 g/mol. The van der Waals surface area contributed by atoms with Gasteiger partial charge in [0.25, 0.3) is 11.8 Å². The third-order valence-corrected chi connectivity index (χ3v) is 14.7. The van der Waals surface area contributed by atoms with Gasteiger partial charge in [0.15, 0.2) is 6.29 Å². The third kappa shape index (κ3) is 11.8. The number of halogens is 2. The van der Waals surface area contributed by atoms with Crippen LogP contribution in [-0.2, 0) is 20.7 Å². The van der Waals surface area contributed by atoms with Crippen molar-refractivity contribution in [1.29, 1.82) is 5.41 Å². The van der Waals surface area contributed by atoms with Crippen LogP contribution in [0.1, 0.15) is 124 Å². The third-order valence-electron chi connectivity index (χ3n) is 14.7. The molecule has 8 rings (SSSR count). The number of rotatable bonds is 14. The van der Waals surface area contributed by atoms with Crippen molar-refractivity contribution in [3.63, 3.8) is 0 Å². The Morgan fingerprint density at radius 1 is 0.746 bits per heavy atom. The minimum absolute atomic E-state index is 0.000462. The van der Waals surface area contributed by atoms with Gasteiger partial charge in [-0.1, -0.05) is 61.7 Å². The van der Waals surface area contributed by atoms with Crippen LogP contribution >= 0.6 is 0 Å². The van der Waals surface area contributed by atoms with Gasteiger partial charge in [-0.3, -0.25) is 28.9 Å². The highest BCUT2D eigenvalue weighted by atomic mass is 19.1. The van der Waals surface area contributed by atoms with Crippen molar-refractivity contribution in [1.82, 2.24) is 30.2 Å². The number of carbonyl (C=O) groups excluding carboxylic acids is 5. The molecule has 5 aliphatic rings. The van der Waals surface area contributed by atoms with Gasteiger partial charge >= 0.3 is 0 Å². The molecule has 4 amide bonds. The molecule has 3 aromatic rings. The first-order chi connectivity index (χ1) is 32.6. The van der Waals surface area contributed by atoms with Crippen LogP contribution in [0.5, 0.6) is 0 Å². The molecule has 4 heterocycles. The Hall–Kier alpha value is -5.38. The molecule has 0 radical (unpaired) electrons. The van der Waals surface area contributed by atoms with Crippen LogP contribution < -0.4 is 10.6 Å². The smallest absolute Gasteiger partial charge is 0.256 e. The van der Waals surface area contributed by atoms with Crippen molar-refractivity contribution in [3.05, 3.63) is 106 Å². The second-order valence-corrected chi connectivity index (χ2v) is 19.1. The summed E-state index contributed by atoms with van der Waals surface area (Å²) in [6.07, 6.45) is 10.5. The van der Waals surface area contributed by atoms with E-state index >= 15 is 4.39 Å². The Labute approximate surface area is 392 Å². The van der Waals surface area contributed by atoms with Crippen LogP contribution in [0.4, 0.5) is 8.78 Å². The van der Waals surface area contributed by atoms with Gasteiger partial charge in [0, 0.05) is 82.2 Å². The molecule has 13 nitrogen and oxygen atoms in total. The number of benzene rings is 3. The van der Waals surface area contributed by atoms with Gasteiger partial charge in [-0.15, -0.1) is 0 Å². The van der Waals surface area contributed by atoms with Crippen LogP contribution in [0.15, 0.2) is 60.7 Å². The first kappa shape index (κ1) is 48.1. The lowest BCUT2D eigenvalue weighted by molar-refractivity contribution is -0.140. The van der Waals surface area contributed by atoms with Crippen molar-refractivity contribution < 1.29 is 37.5 Å². The molecule has 358 valence electrons. The van der Waals surface area contributed by atoms with E-state index in [4.69, 9.17) is 10.1 Å². The predicted octanol–water partition coefficient (Wildman–Crippen LogP) is 5.99. The van der Waals surface area contributed by atoms with E-state index in [1.807, 2.05) is 4.90 Å². The van der Waals surface area contributed by atoms with Crippen molar-refractivity contribution in [3.8, 4) is 0 Å². The highest BCUT2D eigenvalue weighted by Crippen LogP contribution is 2.31. The summed E-state index contributed by atoms with van der Waals surface area (Å²) in [6.45, 7) is 5.59. The summed E-state index contributed by atoms with van der Waals surface area (Å²) in [4.78, 5) is 73.6. The number of amides is 4. The largest absolute Gasteiger partial charge is 0.375 e. The highest BCUT2D eigenvalue weighted by molar-refractivity contribution is 6.05. The van der Waals surface area contributed by atoms with Crippen molar-refractivity contribution in [2.75, 3.05) is 72.0 Å². The number of likely N-dealkylation sites (tertiary alicyclic amines) is 2. The van der Waals surface area contributed by atoms with Crippen LogP contribution in [0.2, 0.25) is 0 Å². The van der Waals surface area contributed by atoms with E-state index in [9.17, 15) is 28.4 Å². The van der Waals surface area contributed by atoms with Crippen molar-refractivity contribution in [2.45, 2.75) is 101 Å². The standard InChI is InChI=1S/C52H65F2N7O6/c53-45-16-15-35(31-46(55)41-12-5-4-10-38(41)34-62)30-44(45)51(65)61-28-26-59(27-29-61)47(63)33-58-22-17-39(18-23-58)67-40-19-24-60(25-20-40)52(66)49(36-8-2-1-3-9-36)57-50(64)43-14-6-13-42(48(43)54)37-11-7-21-56-32-37/h4-6,10,12-16,30,34,36-37,39-40,49,55-56H,1-3,7-9,11,17-29,31-33H2,(H,57,64). The summed E-state index contributed by atoms with van der Waals surface area (Å²) in [5.74, 6) is -2.20. The summed E-state index contributed by atoms with van der Waals surface area (Å²) < 4.78 is 37.4. The Morgan fingerprint density at radius 2 is 1.43 bits per heavy atom. The SMILES string of the molecule is N=C(Cc1ccc(F)c(C(=O)N2CCN(C(=O)CN3CCC(OC4CCN(C(=O)C(NC(=O)c5cccc(C6CCCNC6)c5F)C5CCCCC5)CC4)CC3)CC2)c1)c1ccccc1C=O. The van der Waals surface area contributed by atoms with E-state index in [0.29, 0.717) is 87.2 Å².